The van der Waals surface area contributed by atoms with Crippen molar-refractivity contribution in [3.8, 4) is 28.2 Å². The van der Waals surface area contributed by atoms with Gasteiger partial charge in [-0.3, -0.25) is 0 Å². The van der Waals surface area contributed by atoms with Gasteiger partial charge < -0.3 is 13.7 Å². The zero-order valence-corrected chi connectivity index (χ0v) is 53.3. The standard InChI is InChI=1S/C78H78BN3Si/c1-73(2,3)43-26-30-58-52(34-43)55-42-61-66(56-35-44(74(4,5)6)27-31-59(56)80(61)49-22-20-19-21-23-49)68-71(55)81(58)60-32-33-62-72-67(60)79(68)57-38-47(77(13,14)15)36-53-54-37-48(78(16,17)18)41-65(70(54)82(72)69(53)57)83(62)63-39-45(75(7,8)9)24-28-50(63)51-29-25-46(40-64(51)83)76(10,11)12/h19-42H,1-18H3. The summed E-state index contributed by atoms with van der Waals surface area (Å²) >= 11 is 0. The fourth-order valence-corrected chi connectivity index (χ4v) is 21.6. The van der Waals surface area contributed by atoms with Gasteiger partial charge in [0.25, 0.3) is 6.71 Å². The largest absolute Gasteiger partial charge is 0.310 e. The molecule has 0 bridgehead atoms. The average molecular weight is 1100 g/mol. The number of hydrogen-bond acceptors (Lipinski definition) is 0. The van der Waals surface area contributed by atoms with Gasteiger partial charge in [0.2, 0.25) is 0 Å². The van der Waals surface area contributed by atoms with Gasteiger partial charge in [0.15, 0.2) is 8.07 Å². The van der Waals surface area contributed by atoms with Crippen molar-refractivity contribution >= 4 is 117 Å². The molecule has 0 radical (unpaired) electrons. The molecule has 0 fully saturated rings. The van der Waals surface area contributed by atoms with Crippen LogP contribution in [0.3, 0.4) is 0 Å². The Morgan fingerprint density at radius 2 is 0.795 bits per heavy atom. The highest BCUT2D eigenvalue weighted by Gasteiger charge is 2.57. The maximum absolute atomic E-state index is 3.24. The van der Waals surface area contributed by atoms with Crippen molar-refractivity contribution in [2.75, 3.05) is 0 Å². The fourth-order valence-electron chi connectivity index (χ4n) is 16.0. The van der Waals surface area contributed by atoms with Crippen LogP contribution < -0.4 is 37.1 Å². The Hall–Kier alpha value is -7.34. The molecule has 5 heteroatoms. The minimum absolute atomic E-state index is 0.0406. The number of para-hydroxylation sites is 1. The third-order valence-corrected chi connectivity index (χ3v) is 25.3. The van der Waals surface area contributed by atoms with Gasteiger partial charge in [0.05, 0.1) is 27.6 Å². The Kier molecular flexibility index (Phi) is 9.70. The van der Waals surface area contributed by atoms with Gasteiger partial charge in [-0.1, -0.05) is 210 Å². The Morgan fingerprint density at radius 3 is 1.36 bits per heavy atom. The first kappa shape index (κ1) is 51.3. The van der Waals surface area contributed by atoms with E-state index in [0.717, 1.165) is 0 Å². The smallest absolute Gasteiger partial charge is 0.253 e. The van der Waals surface area contributed by atoms with Crippen LogP contribution in [0.5, 0.6) is 0 Å². The maximum Gasteiger partial charge on any atom is 0.253 e. The fraction of sp³-hybridized carbons (Fsp3) is 0.308. The number of aromatic nitrogens is 3. The molecular formula is C78H78BN3Si. The van der Waals surface area contributed by atoms with E-state index in [-0.39, 0.29) is 39.2 Å². The maximum atomic E-state index is 2.87. The first-order valence-electron chi connectivity index (χ1n) is 30.8. The van der Waals surface area contributed by atoms with Crippen LogP contribution in [0.15, 0.2) is 146 Å². The van der Waals surface area contributed by atoms with E-state index in [9.17, 15) is 0 Å². The molecule has 412 valence electrons. The molecular weight excluding hydrogens is 1020 g/mol. The van der Waals surface area contributed by atoms with Crippen molar-refractivity contribution in [3.63, 3.8) is 0 Å². The van der Waals surface area contributed by atoms with Crippen LogP contribution in [0.25, 0.3) is 93.6 Å². The van der Waals surface area contributed by atoms with Crippen molar-refractivity contribution in [3.05, 3.63) is 179 Å². The molecule has 0 unspecified atom stereocenters. The van der Waals surface area contributed by atoms with Crippen molar-refractivity contribution in [1.82, 2.24) is 13.7 Å². The zero-order chi connectivity index (χ0) is 58.1. The molecule has 12 aromatic rings. The van der Waals surface area contributed by atoms with Gasteiger partial charge in [0, 0.05) is 54.9 Å². The van der Waals surface area contributed by atoms with Gasteiger partial charge in [-0.15, -0.1) is 0 Å². The lowest BCUT2D eigenvalue weighted by atomic mass is 9.33. The Labute approximate surface area is 492 Å². The van der Waals surface area contributed by atoms with Crippen molar-refractivity contribution in [1.29, 1.82) is 0 Å². The lowest BCUT2D eigenvalue weighted by Crippen LogP contribution is -2.77. The highest BCUT2D eigenvalue weighted by Crippen LogP contribution is 2.48. The Balaban J connectivity index is 1.20. The summed E-state index contributed by atoms with van der Waals surface area (Å²) in [5.74, 6) is 0. The normalized spacial score (nSPS) is 15.2. The van der Waals surface area contributed by atoms with Crippen LogP contribution in [0, 0.1) is 0 Å². The highest BCUT2D eigenvalue weighted by atomic mass is 28.3. The summed E-state index contributed by atoms with van der Waals surface area (Å²) in [6.07, 6.45) is 0. The molecule has 0 atom stereocenters. The summed E-state index contributed by atoms with van der Waals surface area (Å²) < 4.78 is 8.23. The highest BCUT2D eigenvalue weighted by molar-refractivity contribution is 7.24. The summed E-state index contributed by atoms with van der Waals surface area (Å²) in [6.45, 7) is 43.2. The van der Waals surface area contributed by atoms with E-state index < -0.39 is 8.07 Å². The van der Waals surface area contributed by atoms with Gasteiger partial charge in [-0.2, -0.15) is 0 Å². The SMILES string of the molecule is CC(C)(C)c1ccc2c(c1)[Si]1(c3cc(C(C)(C)C)ccc3-2)c2ccc3c4c2-n2c5c(cc(C(C)(C)C)cc5c5cc(C(C)(C)C)cc1c52)B4c1c2c4cc(C(C)(C)C)ccc4n(-c4ccccc4)c2cc2c4cc(C(C)(C)C)ccc4n-3c12. The van der Waals surface area contributed by atoms with Crippen molar-refractivity contribution in [2.24, 2.45) is 0 Å². The third-order valence-electron chi connectivity index (χ3n) is 20.5. The minimum atomic E-state index is -3.24. The van der Waals surface area contributed by atoms with Crippen LogP contribution in [0.1, 0.15) is 158 Å². The molecule has 16 rings (SSSR count). The molecule has 0 aliphatic carbocycles. The Bertz CT molecular complexity index is 4890. The van der Waals surface area contributed by atoms with E-state index in [0.29, 0.717) is 0 Å². The van der Waals surface area contributed by atoms with Crippen LogP contribution in [0.2, 0.25) is 0 Å². The number of fused-ring (bicyclic) bond motifs is 18. The second kappa shape index (κ2) is 15.7. The third kappa shape index (κ3) is 6.53. The molecule has 0 saturated carbocycles. The van der Waals surface area contributed by atoms with E-state index in [1.807, 2.05) is 0 Å². The summed E-state index contributed by atoms with van der Waals surface area (Å²) in [4.78, 5) is 0. The van der Waals surface area contributed by atoms with Crippen LogP contribution in [-0.4, -0.2) is 28.5 Å². The topological polar surface area (TPSA) is 14.8 Å². The van der Waals surface area contributed by atoms with Crippen LogP contribution >= 0.6 is 0 Å². The summed E-state index contributed by atoms with van der Waals surface area (Å²) in [5.41, 5.74) is 26.9. The van der Waals surface area contributed by atoms with E-state index in [1.54, 1.807) is 15.6 Å². The number of rotatable bonds is 1. The molecule has 4 aliphatic rings. The van der Waals surface area contributed by atoms with E-state index in [1.165, 1.54) is 149 Å². The van der Waals surface area contributed by atoms with Gasteiger partial charge in [-0.25, -0.2) is 0 Å². The van der Waals surface area contributed by atoms with Crippen LogP contribution in [-0.2, 0) is 32.5 Å². The average Bonchev–Trinajstić information content (AvgIpc) is 1.55. The molecule has 1 spiro atoms. The molecule has 3 nitrogen and oxygen atoms in total. The predicted octanol–water partition coefficient (Wildman–Crippen LogP) is 15.6. The number of hydrogen-bond donors (Lipinski definition) is 0. The van der Waals surface area contributed by atoms with E-state index in [2.05, 4.69) is 284 Å². The number of benzene rings is 9. The molecule has 83 heavy (non-hydrogen) atoms. The summed E-state index contributed by atoms with van der Waals surface area (Å²) in [7, 11) is -3.24. The summed E-state index contributed by atoms with van der Waals surface area (Å²) in [6, 6.07) is 60.1. The molecule has 0 N–H and O–H groups in total. The number of nitrogens with zero attached hydrogens (tertiary/aromatic N) is 3. The molecule has 0 amide bonds. The molecule has 4 aliphatic heterocycles. The molecule has 9 aromatic carbocycles. The lowest BCUT2D eigenvalue weighted by molar-refractivity contribution is 0.590. The summed E-state index contributed by atoms with van der Waals surface area (Å²) in [5, 5.41) is 14.3. The van der Waals surface area contributed by atoms with Gasteiger partial charge >= 0.3 is 0 Å². The van der Waals surface area contributed by atoms with Gasteiger partial charge in [-0.05, 0) is 175 Å². The van der Waals surface area contributed by atoms with Crippen molar-refractivity contribution < 1.29 is 0 Å². The quantitative estimate of drug-likeness (QED) is 0.146. The molecule has 3 aromatic heterocycles. The first-order chi connectivity index (χ1) is 39.0. The lowest BCUT2D eigenvalue weighted by Gasteiger charge is -2.43. The molecule has 7 heterocycles. The van der Waals surface area contributed by atoms with Crippen LogP contribution in [0.4, 0.5) is 0 Å². The second-order valence-corrected chi connectivity index (χ2v) is 35.5. The monoisotopic (exact) mass is 1100 g/mol. The van der Waals surface area contributed by atoms with E-state index >= 15 is 0 Å². The van der Waals surface area contributed by atoms with Crippen molar-refractivity contribution in [2.45, 2.75) is 157 Å². The van der Waals surface area contributed by atoms with E-state index in [4.69, 9.17) is 0 Å². The predicted molar refractivity (Wildman–Crippen MR) is 362 cm³/mol. The first-order valence-corrected chi connectivity index (χ1v) is 32.8. The Morgan fingerprint density at radius 1 is 0.325 bits per heavy atom. The zero-order valence-electron chi connectivity index (χ0n) is 52.3. The minimum Gasteiger partial charge on any atom is -0.310 e. The second-order valence-electron chi connectivity index (χ2n) is 31.9. The molecule has 0 saturated heterocycles. The van der Waals surface area contributed by atoms with Gasteiger partial charge in [0.1, 0.15) is 0 Å².